The van der Waals surface area contributed by atoms with Crippen molar-refractivity contribution in [2.24, 2.45) is 5.73 Å². The lowest BCUT2D eigenvalue weighted by Crippen LogP contribution is -2.11. The fourth-order valence-electron chi connectivity index (χ4n) is 1.03. The van der Waals surface area contributed by atoms with Crippen molar-refractivity contribution in [1.29, 1.82) is 0 Å². The number of hydrogen-bond acceptors (Lipinski definition) is 2. The zero-order valence-corrected chi connectivity index (χ0v) is 7.81. The molecular weight excluding hydrogens is 166 g/mol. The smallest absolute Gasteiger partial charge is 0.0242 e. The van der Waals surface area contributed by atoms with Gasteiger partial charge in [0.25, 0.3) is 0 Å². The third-order valence-electron chi connectivity index (χ3n) is 1.76. The van der Waals surface area contributed by atoms with Gasteiger partial charge < -0.3 is 5.73 Å². The molecule has 0 spiro atoms. The molecule has 0 amide bonds. The molecule has 1 nitrogen and oxygen atoms in total. The van der Waals surface area contributed by atoms with Crippen molar-refractivity contribution >= 4 is 17.1 Å². The summed E-state index contributed by atoms with van der Waals surface area (Å²) in [5.41, 5.74) is 6.72. The molecule has 0 unspecified atom stereocenters. The number of rotatable bonds is 4. The number of benzene rings is 1. The zero-order chi connectivity index (χ0) is 8.81. The molecule has 1 aromatic carbocycles. The van der Waals surface area contributed by atoms with Crippen LogP contribution in [0.1, 0.15) is 12.0 Å². The van der Waals surface area contributed by atoms with Gasteiger partial charge in [-0.05, 0) is 18.4 Å². The van der Waals surface area contributed by atoms with Gasteiger partial charge in [-0.15, -0.1) is 0 Å². The lowest BCUT2D eigenvalue weighted by Gasteiger charge is -2.00. The minimum atomic E-state index is 0.530. The SMILES string of the molecule is NCC(=S)CCc1ccccc1. The molecule has 1 aromatic rings. The summed E-state index contributed by atoms with van der Waals surface area (Å²) in [6.45, 7) is 0.530. The van der Waals surface area contributed by atoms with Crippen LogP contribution in [0.3, 0.4) is 0 Å². The van der Waals surface area contributed by atoms with E-state index in [9.17, 15) is 0 Å². The quantitative estimate of drug-likeness (QED) is 0.715. The molecule has 2 N–H and O–H groups in total. The van der Waals surface area contributed by atoms with Crippen molar-refractivity contribution in [3.05, 3.63) is 35.9 Å². The first-order valence-corrected chi connectivity index (χ1v) is 4.49. The average molecular weight is 179 g/mol. The molecule has 0 aromatic heterocycles. The molecule has 0 saturated carbocycles. The van der Waals surface area contributed by atoms with Crippen LogP contribution in [0, 0.1) is 0 Å². The molecular formula is C10H13NS. The van der Waals surface area contributed by atoms with E-state index in [1.807, 2.05) is 18.2 Å². The van der Waals surface area contributed by atoms with Crippen LogP contribution in [0.2, 0.25) is 0 Å². The van der Waals surface area contributed by atoms with E-state index in [2.05, 4.69) is 12.1 Å². The first kappa shape index (κ1) is 9.36. The summed E-state index contributed by atoms with van der Waals surface area (Å²) in [5, 5.41) is 0. The summed E-state index contributed by atoms with van der Waals surface area (Å²) in [4.78, 5) is 0.957. The number of aryl methyl sites for hydroxylation is 1. The van der Waals surface area contributed by atoms with Crippen molar-refractivity contribution in [2.75, 3.05) is 6.54 Å². The third kappa shape index (κ3) is 3.11. The van der Waals surface area contributed by atoms with Crippen LogP contribution in [0.15, 0.2) is 30.3 Å². The minimum Gasteiger partial charge on any atom is -0.326 e. The van der Waals surface area contributed by atoms with Gasteiger partial charge in [0.2, 0.25) is 0 Å². The fraction of sp³-hybridized carbons (Fsp3) is 0.300. The highest BCUT2D eigenvalue weighted by molar-refractivity contribution is 7.80. The third-order valence-corrected chi connectivity index (χ3v) is 2.13. The van der Waals surface area contributed by atoms with Crippen LogP contribution >= 0.6 is 12.2 Å². The van der Waals surface area contributed by atoms with Crippen molar-refractivity contribution < 1.29 is 0 Å². The van der Waals surface area contributed by atoms with E-state index < -0.39 is 0 Å². The average Bonchev–Trinajstić information content (AvgIpc) is 2.16. The highest BCUT2D eigenvalue weighted by atomic mass is 32.1. The van der Waals surface area contributed by atoms with Crippen LogP contribution in [-0.2, 0) is 6.42 Å². The van der Waals surface area contributed by atoms with Gasteiger partial charge in [-0.1, -0.05) is 42.5 Å². The maximum Gasteiger partial charge on any atom is 0.0242 e. The van der Waals surface area contributed by atoms with Gasteiger partial charge in [-0.2, -0.15) is 0 Å². The molecule has 0 saturated heterocycles. The summed E-state index contributed by atoms with van der Waals surface area (Å²) in [7, 11) is 0. The summed E-state index contributed by atoms with van der Waals surface area (Å²) >= 11 is 5.03. The van der Waals surface area contributed by atoms with E-state index >= 15 is 0 Å². The molecule has 0 aliphatic heterocycles. The van der Waals surface area contributed by atoms with E-state index in [1.165, 1.54) is 5.56 Å². The van der Waals surface area contributed by atoms with Crippen LogP contribution in [0.25, 0.3) is 0 Å². The molecule has 0 aliphatic rings. The van der Waals surface area contributed by atoms with Gasteiger partial charge in [-0.3, -0.25) is 0 Å². The Hall–Kier alpha value is -0.730. The van der Waals surface area contributed by atoms with E-state index in [4.69, 9.17) is 18.0 Å². The highest BCUT2D eigenvalue weighted by Gasteiger charge is 1.94. The molecule has 0 atom stereocenters. The lowest BCUT2D eigenvalue weighted by atomic mass is 10.1. The van der Waals surface area contributed by atoms with Crippen molar-refractivity contribution in [3.8, 4) is 0 Å². The topological polar surface area (TPSA) is 26.0 Å². The van der Waals surface area contributed by atoms with E-state index in [1.54, 1.807) is 0 Å². The molecule has 1 rings (SSSR count). The molecule has 12 heavy (non-hydrogen) atoms. The highest BCUT2D eigenvalue weighted by Crippen LogP contribution is 2.02. The first-order chi connectivity index (χ1) is 5.83. The van der Waals surface area contributed by atoms with Gasteiger partial charge in [0.15, 0.2) is 0 Å². The van der Waals surface area contributed by atoms with Gasteiger partial charge >= 0.3 is 0 Å². The van der Waals surface area contributed by atoms with Gasteiger partial charge in [0.1, 0.15) is 0 Å². The molecule has 0 aliphatic carbocycles. The van der Waals surface area contributed by atoms with Crippen LogP contribution in [-0.4, -0.2) is 11.4 Å². The predicted molar refractivity (Wildman–Crippen MR) is 56.4 cm³/mol. The van der Waals surface area contributed by atoms with E-state index in [-0.39, 0.29) is 0 Å². The summed E-state index contributed by atoms with van der Waals surface area (Å²) in [6, 6.07) is 10.3. The molecule has 0 heterocycles. The summed E-state index contributed by atoms with van der Waals surface area (Å²) in [5.74, 6) is 0. The lowest BCUT2D eigenvalue weighted by molar-refractivity contribution is 1.03. The Labute approximate surface area is 78.6 Å². The summed E-state index contributed by atoms with van der Waals surface area (Å²) in [6.07, 6.45) is 1.94. The second kappa shape index (κ2) is 5.01. The fourth-order valence-corrected chi connectivity index (χ4v) is 1.13. The summed E-state index contributed by atoms with van der Waals surface area (Å²) < 4.78 is 0. The monoisotopic (exact) mass is 179 g/mol. The Morgan fingerprint density at radius 3 is 2.50 bits per heavy atom. The van der Waals surface area contributed by atoms with Crippen LogP contribution in [0.5, 0.6) is 0 Å². The maximum atomic E-state index is 5.39. The van der Waals surface area contributed by atoms with Crippen molar-refractivity contribution in [2.45, 2.75) is 12.8 Å². The second-order valence-electron chi connectivity index (χ2n) is 2.73. The first-order valence-electron chi connectivity index (χ1n) is 4.08. The number of thiocarbonyl (C=S) groups is 1. The Morgan fingerprint density at radius 1 is 1.25 bits per heavy atom. The molecule has 0 fully saturated rings. The molecule has 64 valence electrons. The second-order valence-corrected chi connectivity index (χ2v) is 3.31. The Balaban J connectivity index is 2.38. The van der Waals surface area contributed by atoms with Crippen LogP contribution < -0.4 is 5.73 Å². The van der Waals surface area contributed by atoms with E-state index in [0.717, 1.165) is 17.7 Å². The largest absolute Gasteiger partial charge is 0.326 e. The zero-order valence-electron chi connectivity index (χ0n) is 6.99. The Kier molecular flexibility index (Phi) is 3.91. The Morgan fingerprint density at radius 2 is 1.92 bits per heavy atom. The van der Waals surface area contributed by atoms with Crippen molar-refractivity contribution in [3.63, 3.8) is 0 Å². The molecule has 0 radical (unpaired) electrons. The van der Waals surface area contributed by atoms with Crippen LogP contribution in [0.4, 0.5) is 0 Å². The maximum absolute atomic E-state index is 5.39. The standard InChI is InChI=1S/C10H13NS/c11-8-10(12)7-6-9-4-2-1-3-5-9/h1-5H,6-8,11H2. The number of hydrogen-bond donors (Lipinski definition) is 1. The van der Waals surface area contributed by atoms with Gasteiger partial charge in [0.05, 0.1) is 0 Å². The van der Waals surface area contributed by atoms with E-state index in [0.29, 0.717) is 6.54 Å². The number of nitrogens with two attached hydrogens (primary N) is 1. The Bertz CT molecular complexity index is 243. The minimum absolute atomic E-state index is 0.530. The van der Waals surface area contributed by atoms with Gasteiger partial charge in [0, 0.05) is 11.4 Å². The normalized spacial score (nSPS) is 9.75. The molecule has 2 heteroatoms. The van der Waals surface area contributed by atoms with Gasteiger partial charge in [-0.25, -0.2) is 0 Å². The predicted octanol–water partition coefficient (Wildman–Crippen LogP) is 1.95. The molecule has 0 bridgehead atoms. The van der Waals surface area contributed by atoms with Crippen molar-refractivity contribution in [1.82, 2.24) is 0 Å².